The minimum Gasteiger partial charge on any atom is -0.328 e. The molecule has 2 bridgehead atoms. The zero-order valence-electron chi connectivity index (χ0n) is 15.6. The zero-order chi connectivity index (χ0) is 21.8. The van der Waals surface area contributed by atoms with Crippen LogP contribution < -0.4 is 5.73 Å². The number of alkyl halides is 3. The Hall–Kier alpha value is -2.56. The van der Waals surface area contributed by atoms with Gasteiger partial charge in [0.25, 0.3) is 0 Å². The number of amides is 1. The average Bonchev–Trinajstić information content (AvgIpc) is 3.21. The molecule has 2 aliphatic rings. The number of halogens is 6. The Bertz CT molecular complexity index is 988. The number of carbonyl (C=O) groups excluding carboxylic acids is 1. The highest BCUT2D eigenvalue weighted by atomic mass is 19.4. The van der Waals surface area contributed by atoms with Crippen LogP contribution in [0.1, 0.15) is 42.4 Å². The maximum Gasteiger partial charge on any atom is 0.433 e. The average molecular weight is 432 g/mol. The van der Waals surface area contributed by atoms with Crippen LogP contribution >= 0.6 is 0 Å². The lowest BCUT2D eigenvalue weighted by molar-refractivity contribution is -0.145. The van der Waals surface area contributed by atoms with Crippen molar-refractivity contribution in [1.29, 1.82) is 0 Å². The number of carbonyl (C=O) groups is 1. The maximum absolute atomic E-state index is 13.8. The van der Waals surface area contributed by atoms with E-state index in [1.54, 1.807) is 0 Å². The van der Waals surface area contributed by atoms with E-state index in [9.17, 15) is 31.1 Å². The SMILES string of the molecule is N[C@@H](CC(=O)N1[C@H]2CC[C@@H]1c1ncc(C(F)(F)F)n1C2)Cc1cc(F)c(F)cc1F. The van der Waals surface area contributed by atoms with E-state index in [0.717, 1.165) is 10.8 Å². The molecular formula is C19H18F6N4O. The van der Waals surface area contributed by atoms with Crippen molar-refractivity contribution in [2.45, 2.75) is 56.5 Å². The molecule has 5 nitrogen and oxygen atoms in total. The standard InChI is InChI=1S/C19H18F6N4O/c20-12-6-14(22)13(21)4-9(12)3-10(26)5-17(30)29-11-1-2-15(29)18-27-7-16(19(23,24)25)28(18)8-11/h4,6-7,10-11,15H,1-3,5,8,26H2/t10-,11+,15-/m1/s1. The molecule has 11 heteroatoms. The van der Waals surface area contributed by atoms with Crippen LogP contribution in [-0.4, -0.2) is 32.4 Å². The second-order valence-electron chi connectivity index (χ2n) is 7.68. The van der Waals surface area contributed by atoms with Crippen LogP contribution in [0.2, 0.25) is 0 Å². The molecule has 2 aliphatic heterocycles. The number of nitrogens with zero attached hydrogens (tertiary/aromatic N) is 3. The first-order valence-electron chi connectivity index (χ1n) is 9.39. The van der Waals surface area contributed by atoms with Gasteiger partial charge < -0.3 is 15.2 Å². The Morgan fingerprint density at radius 1 is 1.17 bits per heavy atom. The third kappa shape index (κ3) is 3.55. The molecule has 2 N–H and O–H groups in total. The summed E-state index contributed by atoms with van der Waals surface area (Å²) in [5.41, 5.74) is 4.95. The molecule has 0 aliphatic carbocycles. The number of benzene rings is 1. The van der Waals surface area contributed by atoms with Gasteiger partial charge in [-0.1, -0.05) is 0 Å². The molecule has 1 amide bonds. The van der Waals surface area contributed by atoms with Crippen LogP contribution in [0.25, 0.3) is 0 Å². The Kier molecular flexibility index (Phi) is 5.03. The summed E-state index contributed by atoms with van der Waals surface area (Å²) in [5, 5.41) is 0. The fraction of sp³-hybridized carbons (Fsp3) is 0.474. The van der Waals surface area contributed by atoms with Crippen molar-refractivity contribution in [3.8, 4) is 0 Å². The van der Waals surface area contributed by atoms with Gasteiger partial charge in [0.1, 0.15) is 17.3 Å². The molecule has 0 radical (unpaired) electrons. The molecule has 0 unspecified atom stereocenters. The topological polar surface area (TPSA) is 64.2 Å². The van der Waals surface area contributed by atoms with E-state index < -0.39 is 47.4 Å². The number of nitrogens with two attached hydrogens (primary N) is 1. The quantitative estimate of drug-likeness (QED) is 0.596. The van der Waals surface area contributed by atoms with Gasteiger partial charge in [-0.05, 0) is 30.9 Å². The highest BCUT2D eigenvalue weighted by Gasteiger charge is 2.47. The fourth-order valence-electron chi connectivity index (χ4n) is 4.38. The molecule has 1 fully saturated rings. The van der Waals surface area contributed by atoms with Gasteiger partial charge in [0.15, 0.2) is 11.6 Å². The van der Waals surface area contributed by atoms with Crippen LogP contribution in [0.4, 0.5) is 26.3 Å². The molecule has 30 heavy (non-hydrogen) atoms. The molecule has 1 aromatic heterocycles. The van der Waals surface area contributed by atoms with Crippen molar-refractivity contribution in [3.63, 3.8) is 0 Å². The van der Waals surface area contributed by atoms with Crippen molar-refractivity contribution in [2.24, 2.45) is 5.73 Å². The number of hydrogen-bond donors (Lipinski definition) is 1. The molecular weight excluding hydrogens is 414 g/mol. The maximum atomic E-state index is 13.8. The molecule has 0 saturated carbocycles. The minimum absolute atomic E-state index is 0.0144. The summed E-state index contributed by atoms with van der Waals surface area (Å²) < 4.78 is 80.8. The number of hydrogen-bond acceptors (Lipinski definition) is 3. The van der Waals surface area contributed by atoms with E-state index in [2.05, 4.69) is 4.98 Å². The predicted octanol–water partition coefficient (Wildman–Crippen LogP) is 3.33. The highest BCUT2D eigenvalue weighted by Crippen LogP contribution is 2.43. The first-order chi connectivity index (χ1) is 14.1. The van der Waals surface area contributed by atoms with Crippen LogP contribution in [0, 0.1) is 17.5 Å². The van der Waals surface area contributed by atoms with Crippen LogP contribution in [0.3, 0.4) is 0 Å². The number of aromatic nitrogens is 2. The second kappa shape index (κ2) is 7.29. The summed E-state index contributed by atoms with van der Waals surface area (Å²) in [6.45, 7) is -0.0144. The summed E-state index contributed by atoms with van der Waals surface area (Å²) in [4.78, 5) is 18.2. The van der Waals surface area contributed by atoms with Crippen LogP contribution in [0.15, 0.2) is 18.3 Å². The lowest BCUT2D eigenvalue weighted by Gasteiger charge is -2.36. The summed E-state index contributed by atoms with van der Waals surface area (Å²) in [6.07, 6.45) is -3.14. The third-order valence-electron chi connectivity index (χ3n) is 5.67. The summed E-state index contributed by atoms with van der Waals surface area (Å²) in [7, 11) is 0. The summed E-state index contributed by atoms with van der Waals surface area (Å²) in [5.74, 6) is -3.70. The van der Waals surface area contributed by atoms with Crippen molar-refractivity contribution < 1.29 is 31.1 Å². The molecule has 1 saturated heterocycles. The van der Waals surface area contributed by atoms with E-state index in [-0.39, 0.29) is 36.7 Å². The van der Waals surface area contributed by atoms with E-state index in [1.165, 1.54) is 4.90 Å². The molecule has 162 valence electrons. The van der Waals surface area contributed by atoms with Crippen molar-refractivity contribution in [2.75, 3.05) is 0 Å². The van der Waals surface area contributed by atoms with Gasteiger partial charge in [0.2, 0.25) is 5.91 Å². The van der Waals surface area contributed by atoms with Gasteiger partial charge in [-0.25, -0.2) is 18.2 Å². The Morgan fingerprint density at radius 3 is 2.57 bits per heavy atom. The van der Waals surface area contributed by atoms with E-state index in [4.69, 9.17) is 5.73 Å². The van der Waals surface area contributed by atoms with E-state index in [1.807, 2.05) is 0 Å². The van der Waals surface area contributed by atoms with Gasteiger partial charge in [-0.3, -0.25) is 4.79 Å². The predicted molar refractivity (Wildman–Crippen MR) is 92.5 cm³/mol. The van der Waals surface area contributed by atoms with Crippen LogP contribution in [-0.2, 0) is 23.9 Å². The lowest BCUT2D eigenvalue weighted by atomic mass is 10.0. The first kappa shape index (κ1) is 20.7. The van der Waals surface area contributed by atoms with Gasteiger partial charge >= 0.3 is 6.18 Å². The zero-order valence-corrected chi connectivity index (χ0v) is 15.6. The second-order valence-corrected chi connectivity index (χ2v) is 7.68. The van der Waals surface area contributed by atoms with Crippen LogP contribution in [0.5, 0.6) is 0 Å². The number of rotatable bonds is 4. The Labute approximate surface area is 167 Å². The van der Waals surface area contributed by atoms with Gasteiger partial charge in [-0.15, -0.1) is 0 Å². The van der Waals surface area contributed by atoms with Gasteiger partial charge in [-0.2, -0.15) is 13.2 Å². The largest absolute Gasteiger partial charge is 0.433 e. The smallest absolute Gasteiger partial charge is 0.328 e. The van der Waals surface area contributed by atoms with Crippen molar-refractivity contribution >= 4 is 5.91 Å². The molecule has 3 heterocycles. The summed E-state index contributed by atoms with van der Waals surface area (Å²) >= 11 is 0. The Morgan fingerprint density at radius 2 is 1.87 bits per heavy atom. The number of fused-ring (bicyclic) bond motifs is 4. The Balaban J connectivity index is 1.48. The molecule has 3 atom stereocenters. The normalized spacial score (nSPS) is 21.6. The molecule has 4 rings (SSSR count). The molecule has 0 spiro atoms. The first-order valence-corrected chi connectivity index (χ1v) is 9.39. The lowest BCUT2D eigenvalue weighted by Crippen LogP contribution is -2.46. The fourth-order valence-corrected chi connectivity index (χ4v) is 4.38. The van der Waals surface area contributed by atoms with Gasteiger partial charge in [0.05, 0.1) is 18.3 Å². The van der Waals surface area contributed by atoms with E-state index >= 15 is 0 Å². The summed E-state index contributed by atoms with van der Waals surface area (Å²) in [6, 6.07) is -0.752. The number of imidazole rings is 1. The van der Waals surface area contributed by atoms with Crippen molar-refractivity contribution in [3.05, 3.63) is 52.9 Å². The third-order valence-corrected chi connectivity index (χ3v) is 5.67. The van der Waals surface area contributed by atoms with E-state index in [0.29, 0.717) is 25.0 Å². The highest BCUT2D eigenvalue weighted by molar-refractivity contribution is 5.78. The molecule has 1 aromatic carbocycles. The minimum atomic E-state index is -4.53. The molecule has 2 aromatic rings. The van der Waals surface area contributed by atoms with Crippen molar-refractivity contribution in [1.82, 2.24) is 14.5 Å². The monoisotopic (exact) mass is 432 g/mol. The van der Waals surface area contributed by atoms with Gasteiger partial charge in [0, 0.05) is 25.1 Å².